The number of piperazine rings is 1. The average molecular weight is 526 g/mol. The number of aryl methyl sites for hydroxylation is 1. The van der Waals surface area contributed by atoms with Crippen LogP contribution >= 0.6 is 24.0 Å². The molecule has 1 aliphatic rings. The summed E-state index contributed by atoms with van der Waals surface area (Å²) in [5.41, 5.74) is 1.90. The van der Waals surface area contributed by atoms with E-state index < -0.39 is 0 Å². The maximum atomic E-state index is 12.6. The lowest BCUT2D eigenvalue weighted by molar-refractivity contribution is -0.120. The van der Waals surface area contributed by atoms with Crippen LogP contribution in [0, 0.1) is 0 Å². The Morgan fingerprint density at radius 3 is 2.53 bits per heavy atom. The fraction of sp³-hybridized carbons (Fsp3) is 0.500. The summed E-state index contributed by atoms with van der Waals surface area (Å²) in [6.45, 7) is 8.33. The molecule has 1 amide bonds. The molecule has 2 aromatic heterocycles. The number of anilines is 2. The van der Waals surface area contributed by atoms with Crippen LogP contribution in [0.4, 0.5) is 11.5 Å². The molecule has 0 saturated carbocycles. The lowest BCUT2D eigenvalue weighted by Crippen LogP contribution is -2.55. The van der Waals surface area contributed by atoms with Crippen molar-refractivity contribution in [3.63, 3.8) is 0 Å². The third-order valence-electron chi connectivity index (χ3n) is 5.08. The van der Waals surface area contributed by atoms with Gasteiger partial charge in [0.05, 0.1) is 11.9 Å². The maximum absolute atomic E-state index is 12.6. The molecule has 10 heteroatoms. The van der Waals surface area contributed by atoms with Gasteiger partial charge in [-0.3, -0.25) is 14.5 Å². The Labute approximate surface area is 195 Å². The first kappa shape index (κ1) is 23.9. The van der Waals surface area contributed by atoms with Crippen LogP contribution in [0.2, 0.25) is 0 Å². The van der Waals surface area contributed by atoms with E-state index in [1.807, 2.05) is 30.4 Å². The van der Waals surface area contributed by atoms with E-state index in [1.54, 1.807) is 22.8 Å². The lowest BCUT2D eigenvalue weighted by atomic mass is 10.2. The van der Waals surface area contributed by atoms with Crippen LogP contribution in [-0.4, -0.2) is 71.3 Å². The molecule has 9 nitrogen and oxygen atoms in total. The largest absolute Gasteiger partial charge is 0.357 e. The molecule has 0 spiro atoms. The quantitative estimate of drug-likeness (QED) is 0.351. The molecule has 0 aliphatic carbocycles. The van der Waals surface area contributed by atoms with E-state index in [4.69, 9.17) is 0 Å². The van der Waals surface area contributed by atoms with Crippen molar-refractivity contribution in [2.45, 2.75) is 20.4 Å². The van der Waals surface area contributed by atoms with Crippen molar-refractivity contribution in [1.82, 2.24) is 25.0 Å². The number of carbonyl (C=O) groups is 1. The number of guanidine groups is 1. The number of nitrogens with zero attached hydrogens (tertiary/aromatic N) is 7. The van der Waals surface area contributed by atoms with Crippen LogP contribution < -0.4 is 15.1 Å². The van der Waals surface area contributed by atoms with E-state index in [-0.39, 0.29) is 36.4 Å². The van der Waals surface area contributed by atoms with Gasteiger partial charge in [0, 0.05) is 59.2 Å². The van der Waals surface area contributed by atoms with Crippen LogP contribution in [0.3, 0.4) is 0 Å². The molecule has 30 heavy (non-hydrogen) atoms. The third kappa shape index (κ3) is 5.61. The van der Waals surface area contributed by atoms with Gasteiger partial charge >= 0.3 is 0 Å². The average Bonchev–Trinajstić information content (AvgIpc) is 3.16. The predicted molar refractivity (Wildman–Crippen MR) is 131 cm³/mol. The summed E-state index contributed by atoms with van der Waals surface area (Å²) in [5, 5.41) is 7.50. The molecule has 1 aliphatic heterocycles. The maximum Gasteiger partial charge on any atom is 0.246 e. The first-order chi connectivity index (χ1) is 14.0. The van der Waals surface area contributed by atoms with Gasteiger partial charge < -0.3 is 20.0 Å². The molecule has 0 unspecified atom stereocenters. The second-order valence-corrected chi connectivity index (χ2v) is 6.94. The van der Waals surface area contributed by atoms with Gasteiger partial charge in [-0.25, -0.2) is 4.98 Å². The van der Waals surface area contributed by atoms with Crippen LogP contribution in [-0.2, 0) is 18.4 Å². The Morgan fingerprint density at radius 2 is 2.00 bits per heavy atom. The first-order valence-corrected chi connectivity index (χ1v) is 10.00. The molecule has 164 valence electrons. The zero-order valence-electron chi connectivity index (χ0n) is 18.1. The van der Waals surface area contributed by atoms with Crippen molar-refractivity contribution in [3.05, 3.63) is 36.3 Å². The number of hydrogen-bond acceptors (Lipinski definition) is 5. The van der Waals surface area contributed by atoms with Crippen LogP contribution in [0.1, 0.15) is 19.4 Å². The fourth-order valence-corrected chi connectivity index (χ4v) is 3.44. The van der Waals surface area contributed by atoms with Crippen molar-refractivity contribution in [2.75, 3.05) is 49.6 Å². The monoisotopic (exact) mass is 526 g/mol. The molecule has 0 bridgehead atoms. The Balaban J connectivity index is 0.00000320. The molecule has 1 saturated heterocycles. The smallest absolute Gasteiger partial charge is 0.246 e. The van der Waals surface area contributed by atoms with Gasteiger partial charge in [-0.2, -0.15) is 5.10 Å². The standard InChI is InChI=1S/C20H30N8O.HI/c1-5-26(6-2)18-8-7-16(11-22-18)12-23-20(21-3)27-9-10-28(19(29)15-27)17-13-24-25(4)14-17;/h7-8,11,13-14H,5-6,9-10,12,15H2,1-4H3,(H,21,23);1H. The molecule has 3 rings (SSSR count). The third-order valence-corrected chi connectivity index (χ3v) is 5.08. The van der Waals surface area contributed by atoms with E-state index >= 15 is 0 Å². The minimum Gasteiger partial charge on any atom is -0.357 e. The number of carbonyl (C=O) groups excluding carboxylic acids is 1. The number of aromatic nitrogens is 3. The van der Waals surface area contributed by atoms with Crippen molar-refractivity contribution in [3.8, 4) is 0 Å². The van der Waals surface area contributed by atoms with Crippen LogP contribution in [0.25, 0.3) is 0 Å². The van der Waals surface area contributed by atoms with Gasteiger partial charge in [0.2, 0.25) is 5.91 Å². The Hall–Kier alpha value is -2.37. The van der Waals surface area contributed by atoms with Gasteiger partial charge in [0.1, 0.15) is 12.4 Å². The van der Waals surface area contributed by atoms with Gasteiger partial charge in [-0.1, -0.05) is 6.07 Å². The topological polar surface area (TPSA) is 81.9 Å². The number of rotatable bonds is 6. The van der Waals surface area contributed by atoms with Crippen LogP contribution in [0.15, 0.2) is 35.7 Å². The molecule has 1 fully saturated rings. The molecule has 0 radical (unpaired) electrons. The summed E-state index contributed by atoms with van der Waals surface area (Å²) in [7, 11) is 3.58. The van der Waals surface area contributed by atoms with Gasteiger partial charge in [-0.15, -0.1) is 24.0 Å². The summed E-state index contributed by atoms with van der Waals surface area (Å²) >= 11 is 0. The second-order valence-electron chi connectivity index (χ2n) is 6.94. The fourth-order valence-electron chi connectivity index (χ4n) is 3.44. The zero-order chi connectivity index (χ0) is 20.8. The lowest BCUT2D eigenvalue weighted by Gasteiger charge is -2.35. The number of halogens is 1. The highest BCUT2D eigenvalue weighted by molar-refractivity contribution is 14.0. The van der Waals surface area contributed by atoms with Gasteiger partial charge in [-0.05, 0) is 25.5 Å². The van der Waals surface area contributed by atoms with E-state index in [9.17, 15) is 4.79 Å². The minimum absolute atomic E-state index is 0. The number of nitrogens with one attached hydrogen (secondary N) is 1. The summed E-state index contributed by atoms with van der Waals surface area (Å²) < 4.78 is 1.70. The molecule has 1 N–H and O–H groups in total. The normalized spacial score (nSPS) is 14.5. The molecule has 2 aromatic rings. The number of hydrogen-bond donors (Lipinski definition) is 1. The first-order valence-electron chi connectivity index (χ1n) is 10.00. The van der Waals surface area contributed by atoms with Crippen molar-refractivity contribution in [2.24, 2.45) is 12.0 Å². The van der Waals surface area contributed by atoms with Crippen molar-refractivity contribution >= 4 is 47.3 Å². The molecular formula is C20H31IN8O. The van der Waals surface area contributed by atoms with E-state index in [0.29, 0.717) is 19.6 Å². The highest BCUT2D eigenvalue weighted by Crippen LogP contribution is 2.16. The van der Waals surface area contributed by atoms with E-state index in [0.717, 1.165) is 36.1 Å². The van der Waals surface area contributed by atoms with E-state index in [2.05, 4.69) is 45.2 Å². The Kier molecular flexibility index (Phi) is 8.88. The minimum atomic E-state index is 0. The molecule has 0 atom stereocenters. The Bertz CT molecular complexity index is 847. The number of pyridine rings is 1. The van der Waals surface area contributed by atoms with Gasteiger partial charge in [0.15, 0.2) is 5.96 Å². The predicted octanol–water partition coefficient (Wildman–Crippen LogP) is 1.70. The van der Waals surface area contributed by atoms with E-state index in [1.165, 1.54) is 0 Å². The Morgan fingerprint density at radius 1 is 1.23 bits per heavy atom. The summed E-state index contributed by atoms with van der Waals surface area (Å²) in [5.74, 6) is 1.75. The summed E-state index contributed by atoms with van der Waals surface area (Å²) in [6, 6.07) is 4.12. The van der Waals surface area contributed by atoms with Crippen molar-refractivity contribution in [1.29, 1.82) is 0 Å². The highest BCUT2D eigenvalue weighted by atomic mass is 127. The van der Waals surface area contributed by atoms with Gasteiger partial charge in [0.25, 0.3) is 0 Å². The van der Waals surface area contributed by atoms with Crippen molar-refractivity contribution < 1.29 is 4.79 Å². The highest BCUT2D eigenvalue weighted by Gasteiger charge is 2.27. The second kappa shape index (κ2) is 11.1. The number of aliphatic imine (C=N–C) groups is 1. The molecular weight excluding hydrogens is 495 g/mol. The zero-order valence-corrected chi connectivity index (χ0v) is 20.4. The SMILES string of the molecule is CCN(CC)c1ccc(CNC(=NC)N2CCN(c3cnn(C)c3)C(=O)C2)cn1.I. The summed E-state index contributed by atoms with van der Waals surface area (Å²) in [6.07, 6.45) is 5.46. The molecule has 3 heterocycles. The van der Waals surface area contributed by atoms with Crippen LogP contribution in [0.5, 0.6) is 0 Å². The molecule has 0 aromatic carbocycles. The number of amides is 1. The summed E-state index contributed by atoms with van der Waals surface area (Å²) in [4.78, 5) is 27.5.